The molecule has 0 unspecified atom stereocenters. The fourth-order valence-electron chi connectivity index (χ4n) is 2.83. The molecule has 3 aromatic rings. The van der Waals surface area contributed by atoms with E-state index in [0.29, 0.717) is 16.8 Å². The Kier molecular flexibility index (Phi) is 4.95. The lowest BCUT2D eigenvalue weighted by atomic mass is 9.92. The Balaban J connectivity index is 2.44. The SMILES string of the molecule is CCOC(=O)c1c(-c2ccccc2)[nH]c(=O)c(C#N)c1-c1ccccc1. The topological polar surface area (TPSA) is 83.0 Å². The Morgan fingerprint density at radius 2 is 1.62 bits per heavy atom. The van der Waals surface area contributed by atoms with Crippen molar-refractivity contribution in [3.63, 3.8) is 0 Å². The second kappa shape index (κ2) is 7.49. The summed E-state index contributed by atoms with van der Waals surface area (Å²) in [5.41, 5.74) is 1.42. The maximum Gasteiger partial charge on any atom is 0.340 e. The molecule has 0 aliphatic carbocycles. The van der Waals surface area contributed by atoms with Crippen LogP contribution in [-0.2, 0) is 4.74 Å². The average molecular weight is 344 g/mol. The first kappa shape index (κ1) is 17.2. The van der Waals surface area contributed by atoms with Gasteiger partial charge in [-0.2, -0.15) is 5.26 Å². The molecule has 1 aromatic heterocycles. The van der Waals surface area contributed by atoms with Gasteiger partial charge in [0, 0.05) is 5.56 Å². The molecule has 26 heavy (non-hydrogen) atoms. The lowest BCUT2D eigenvalue weighted by Gasteiger charge is -2.15. The minimum absolute atomic E-state index is 0.112. The molecule has 1 heterocycles. The molecule has 128 valence electrons. The van der Waals surface area contributed by atoms with Crippen molar-refractivity contribution in [2.45, 2.75) is 6.92 Å². The zero-order valence-electron chi connectivity index (χ0n) is 14.2. The fraction of sp³-hybridized carbons (Fsp3) is 0.0952. The largest absolute Gasteiger partial charge is 0.462 e. The van der Waals surface area contributed by atoms with Crippen LogP contribution in [0, 0.1) is 11.3 Å². The zero-order valence-corrected chi connectivity index (χ0v) is 14.2. The summed E-state index contributed by atoms with van der Waals surface area (Å²) in [5.74, 6) is -0.585. The van der Waals surface area contributed by atoms with E-state index in [4.69, 9.17) is 4.74 Å². The molecule has 0 saturated heterocycles. The summed E-state index contributed by atoms with van der Waals surface area (Å²) in [6.07, 6.45) is 0. The third-order valence-corrected chi connectivity index (χ3v) is 3.93. The van der Waals surface area contributed by atoms with Crippen molar-refractivity contribution in [3.8, 4) is 28.5 Å². The summed E-state index contributed by atoms with van der Waals surface area (Å²) in [7, 11) is 0. The van der Waals surface area contributed by atoms with Gasteiger partial charge in [0.1, 0.15) is 11.6 Å². The number of nitriles is 1. The van der Waals surface area contributed by atoms with Crippen LogP contribution < -0.4 is 5.56 Å². The molecule has 5 heteroatoms. The molecular formula is C21H16N2O3. The van der Waals surface area contributed by atoms with Crippen LogP contribution in [-0.4, -0.2) is 17.6 Å². The van der Waals surface area contributed by atoms with E-state index in [9.17, 15) is 14.9 Å². The van der Waals surface area contributed by atoms with Gasteiger partial charge in [-0.25, -0.2) is 4.79 Å². The normalized spacial score (nSPS) is 10.2. The minimum atomic E-state index is -0.585. The minimum Gasteiger partial charge on any atom is -0.462 e. The Morgan fingerprint density at radius 1 is 1.04 bits per heavy atom. The van der Waals surface area contributed by atoms with Crippen molar-refractivity contribution in [1.82, 2.24) is 4.98 Å². The molecule has 0 bridgehead atoms. The number of nitrogens with one attached hydrogen (secondary N) is 1. The number of aromatic amines is 1. The van der Waals surface area contributed by atoms with Gasteiger partial charge in [0.2, 0.25) is 0 Å². The van der Waals surface area contributed by atoms with Crippen LogP contribution in [0.2, 0.25) is 0 Å². The number of H-pyrrole nitrogens is 1. The predicted octanol–water partition coefficient (Wildman–Crippen LogP) is 3.76. The standard InChI is InChI=1S/C21H16N2O3/c1-2-26-21(25)18-17(14-9-5-3-6-10-14)16(13-22)20(24)23-19(18)15-11-7-4-8-12-15/h3-12H,2H2,1H3,(H,23,24). The van der Waals surface area contributed by atoms with Crippen LogP contribution in [0.3, 0.4) is 0 Å². The number of rotatable bonds is 4. The van der Waals surface area contributed by atoms with Gasteiger partial charge >= 0.3 is 5.97 Å². The molecule has 0 amide bonds. The highest BCUT2D eigenvalue weighted by Crippen LogP contribution is 2.32. The molecule has 0 fully saturated rings. The molecule has 0 radical (unpaired) electrons. The number of carbonyl (C=O) groups excluding carboxylic acids is 1. The lowest BCUT2D eigenvalue weighted by Crippen LogP contribution is -2.20. The highest BCUT2D eigenvalue weighted by Gasteiger charge is 2.25. The van der Waals surface area contributed by atoms with Crippen LogP contribution in [0.25, 0.3) is 22.4 Å². The lowest BCUT2D eigenvalue weighted by molar-refractivity contribution is 0.0527. The van der Waals surface area contributed by atoms with Crippen molar-refractivity contribution < 1.29 is 9.53 Å². The summed E-state index contributed by atoms with van der Waals surface area (Å²) >= 11 is 0. The molecule has 5 nitrogen and oxygen atoms in total. The van der Waals surface area contributed by atoms with Crippen molar-refractivity contribution >= 4 is 5.97 Å². The maximum absolute atomic E-state index is 12.8. The fourth-order valence-corrected chi connectivity index (χ4v) is 2.83. The number of benzene rings is 2. The smallest absolute Gasteiger partial charge is 0.340 e. The van der Waals surface area contributed by atoms with Crippen LogP contribution in [0.1, 0.15) is 22.8 Å². The van der Waals surface area contributed by atoms with E-state index in [-0.39, 0.29) is 23.3 Å². The number of aromatic nitrogens is 1. The molecule has 0 aliphatic heterocycles. The van der Waals surface area contributed by atoms with Gasteiger partial charge in [0.25, 0.3) is 5.56 Å². The molecular weight excluding hydrogens is 328 g/mol. The first-order valence-electron chi connectivity index (χ1n) is 8.15. The molecule has 3 rings (SSSR count). The molecule has 1 N–H and O–H groups in total. The van der Waals surface area contributed by atoms with E-state index in [2.05, 4.69) is 4.98 Å². The summed E-state index contributed by atoms with van der Waals surface area (Å²) in [6.45, 7) is 1.89. The van der Waals surface area contributed by atoms with Crippen molar-refractivity contribution in [1.29, 1.82) is 5.26 Å². The second-order valence-corrected chi connectivity index (χ2v) is 5.52. The summed E-state index contributed by atoms with van der Waals surface area (Å²) in [5, 5.41) is 9.54. The number of hydrogen-bond acceptors (Lipinski definition) is 4. The first-order valence-corrected chi connectivity index (χ1v) is 8.15. The van der Waals surface area contributed by atoms with Gasteiger partial charge in [0.15, 0.2) is 0 Å². The Bertz CT molecular complexity index is 1030. The number of carbonyl (C=O) groups is 1. The van der Waals surface area contributed by atoms with E-state index in [1.165, 1.54) is 0 Å². The van der Waals surface area contributed by atoms with E-state index < -0.39 is 11.5 Å². The highest BCUT2D eigenvalue weighted by atomic mass is 16.5. The van der Waals surface area contributed by atoms with Crippen LogP contribution in [0.15, 0.2) is 65.5 Å². The van der Waals surface area contributed by atoms with Gasteiger partial charge in [-0.3, -0.25) is 4.79 Å². The molecule has 0 spiro atoms. The molecule has 0 saturated carbocycles. The Morgan fingerprint density at radius 3 is 2.15 bits per heavy atom. The number of nitrogens with zero attached hydrogens (tertiary/aromatic N) is 1. The summed E-state index contributed by atoms with van der Waals surface area (Å²) in [4.78, 5) is 28.0. The van der Waals surface area contributed by atoms with E-state index in [1.807, 2.05) is 30.3 Å². The van der Waals surface area contributed by atoms with Crippen LogP contribution >= 0.6 is 0 Å². The van der Waals surface area contributed by atoms with Gasteiger partial charge in [-0.05, 0) is 18.1 Å². The van der Waals surface area contributed by atoms with Crippen LogP contribution in [0.4, 0.5) is 0 Å². The first-order chi connectivity index (χ1) is 12.7. The quantitative estimate of drug-likeness (QED) is 0.731. The van der Waals surface area contributed by atoms with Crippen molar-refractivity contribution in [2.24, 2.45) is 0 Å². The van der Waals surface area contributed by atoms with Gasteiger partial charge in [-0.15, -0.1) is 0 Å². The third-order valence-electron chi connectivity index (χ3n) is 3.93. The molecule has 0 atom stereocenters. The maximum atomic E-state index is 12.8. The van der Waals surface area contributed by atoms with Gasteiger partial charge in [0.05, 0.1) is 17.9 Å². The molecule has 0 aliphatic rings. The van der Waals surface area contributed by atoms with E-state index in [0.717, 1.165) is 0 Å². The predicted molar refractivity (Wildman–Crippen MR) is 98.6 cm³/mol. The number of esters is 1. The Hall–Kier alpha value is -3.65. The van der Waals surface area contributed by atoms with Crippen molar-refractivity contribution in [3.05, 3.63) is 82.1 Å². The van der Waals surface area contributed by atoms with Gasteiger partial charge < -0.3 is 9.72 Å². The van der Waals surface area contributed by atoms with Crippen LogP contribution in [0.5, 0.6) is 0 Å². The van der Waals surface area contributed by atoms with E-state index in [1.54, 1.807) is 43.3 Å². The molecule has 2 aromatic carbocycles. The van der Waals surface area contributed by atoms with Crippen molar-refractivity contribution in [2.75, 3.05) is 6.61 Å². The average Bonchev–Trinajstić information content (AvgIpc) is 2.68. The van der Waals surface area contributed by atoms with E-state index >= 15 is 0 Å². The third kappa shape index (κ3) is 3.13. The number of hydrogen-bond donors (Lipinski definition) is 1. The zero-order chi connectivity index (χ0) is 18.5. The summed E-state index contributed by atoms with van der Waals surface area (Å²) < 4.78 is 5.22. The van der Waals surface area contributed by atoms with Gasteiger partial charge in [-0.1, -0.05) is 60.7 Å². The number of pyridine rings is 1. The second-order valence-electron chi connectivity index (χ2n) is 5.52. The Labute approximate surface area is 150 Å². The monoisotopic (exact) mass is 344 g/mol. The highest BCUT2D eigenvalue weighted by molar-refractivity contribution is 6.04. The summed E-state index contributed by atoms with van der Waals surface area (Å²) in [6, 6.07) is 19.9. The number of ether oxygens (including phenoxy) is 1.